The van der Waals surface area contributed by atoms with Crippen LogP contribution in [0.1, 0.15) is 12.0 Å². The lowest BCUT2D eigenvalue weighted by Gasteiger charge is -2.22. The fourth-order valence-corrected chi connectivity index (χ4v) is 2.03. The topological polar surface area (TPSA) is 39.9 Å². The molecular weight excluding hydrogens is 267 g/mol. The molecule has 104 valence electrons. The number of nitriles is 1. The van der Waals surface area contributed by atoms with Crippen molar-refractivity contribution in [2.24, 2.45) is 0 Å². The summed E-state index contributed by atoms with van der Waals surface area (Å²) in [5.74, 6) is 0. The molecule has 3 nitrogen and oxygen atoms in total. The van der Waals surface area contributed by atoms with Crippen LogP contribution in [0.2, 0.25) is 0 Å². The second kappa shape index (κ2) is 5.37. The van der Waals surface area contributed by atoms with Gasteiger partial charge in [-0.05, 0) is 6.07 Å². The summed E-state index contributed by atoms with van der Waals surface area (Å²) in [6.07, 6.45) is -3.75. The van der Waals surface area contributed by atoms with Gasteiger partial charge in [-0.2, -0.15) is 18.4 Å². The van der Waals surface area contributed by atoms with Gasteiger partial charge in [0.25, 0.3) is 0 Å². The maximum atomic E-state index is 12.3. The zero-order valence-corrected chi connectivity index (χ0v) is 10.8. The van der Waals surface area contributed by atoms with Gasteiger partial charge in [0.1, 0.15) is 6.07 Å². The lowest BCUT2D eigenvalue weighted by molar-refractivity contribution is -0.132. The molecule has 0 fully saturated rings. The van der Waals surface area contributed by atoms with Crippen molar-refractivity contribution < 1.29 is 13.2 Å². The van der Waals surface area contributed by atoms with Gasteiger partial charge in [-0.1, -0.05) is 18.2 Å². The average molecular weight is 279 g/mol. The smallest absolute Gasteiger partial charge is 0.373 e. The van der Waals surface area contributed by atoms with E-state index < -0.39 is 12.6 Å². The Kier molecular flexibility index (Phi) is 3.79. The van der Waals surface area contributed by atoms with Crippen LogP contribution in [0.4, 0.5) is 18.9 Å². The summed E-state index contributed by atoms with van der Waals surface area (Å²) in [7, 11) is 1.55. The van der Waals surface area contributed by atoms with Crippen molar-refractivity contribution in [2.75, 3.05) is 18.5 Å². The molecule has 0 saturated carbocycles. The molecule has 1 aromatic carbocycles. The Bertz CT molecular complexity index is 659. The van der Waals surface area contributed by atoms with Crippen LogP contribution in [-0.4, -0.2) is 24.8 Å². The maximum Gasteiger partial charge on any atom is 0.390 e. The Labute approximate surface area is 114 Å². The molecule has 0 amide bonds. The highest BCUT2D eigenvalue weighted by Gasteiger charge is 2.27. The summed E-state index contributed by atoms with van der Waals surface area (Å²) >= 11 is 0. The lowest BCUT2D eigenvalue weighted by atomic mass is 10.1. The zero-order chi connectivity index (χ0) is 14.8. The molecule has 0 saturated heterocycles. The van der Waals surface area contributed by atoms with Gasteiger partial charge in [-0.15, -0.1) is 0 Å². The van der Waals surface area contributed by atoms with Crippen molar-refractivity contribution in [1.29, 1.82) is 5.26 Å². The Morgan fingerprint density at radius 3 is 2.65 bits per heavy atom. The van der Waals surface area contributed by atoms with E-state index in [-0.39, 0.29) is 12.1 Å². The van der Waals surface area contributed by atoms with Gasteiger partial charge in [0.15, 0.2) is 0 Å². The third-order valence-electron chi connectivity index (χ3n) is 2.98. The number of fused-ring (bicyclic) bond motifs is 1. The van der Waals surface area contributed by atoms with Gasteiger partial charge in [0.05, 0.1) is 23.2 Å². The number of nitrogens with zero attached hydrogens (tertiary/aromatic N) is 3. The van der Waals surface area contributed by atoms with Crippen LogP contribution in [0.5, 0.6) is 0 Å². The minimum Gasteiger partial charge on any atom is -0.373 e. The van der Waals surface area contributed by atoms with Crippen molar-refractivity contribution in [1.82, 2.24) is 4.98 Å². The fourth-order valence-electron chi connectivity index (χ4n) is 2.03. The molecule has 0 aliphatic carbocycles. The van der Waals surface area contributed by atoms with Crippen LogP contribution in [-0.2, 0) is 0 Å². The molecule has 0 bridgehead atoms. The number of hydrogen-bond donors (Lipinski definition) is 0. The van der Waals surface area contributed by atoms with Gasteiger partial charge < -0.3 is 4.90 Å². The first-order chi connectivity index (χ1) is 9.42. The molecule has 2 aromatic rings. The predicted octanol–water partition coefficient (Wildman–Crippen LogP) is 3.50. The highest BCUT2D eigenvalue weighted by molar-refractivity contribution is 5.94. The first-order valence-electron chi connectivity index (χ1n) is 5.98. The minimum absolute atomic E-state index is 0.202. The molecule has 0 radical (unpaired) electrons. The largest absolute Gasteiger partial charge is 0.390 e. The van der Waals surface area contributed by atoms with Crippen LogP contribution >= 0.6 is 0 Å². The number of alkyl halides is 3. The van der Waals surface area contributed by atoms with E-state index in [0.29, 0.717) is 16.6 Å². The third-order valence-corrected chi connectivity index (χ3v) is 2.98. The molecule has 0 aliphatic rings. The number of anilines is 1. The molecule has 0 N–H and O–H groups in total. The number of benzene rings is 1. The minimum atomic E-state index is -4.22. The average Bonchev–Trinajstić information content (AvgIpc) is 2.42. The van der Waals surface area contributed by atoms with E-state index >= 15 is 0 Å². The number of halogens is 3. The molecule has 0 spiro atoms. The Morgan fingerprint density at radius 2 is 2.00 bits per heavy atom. The maximum absolute atomic E-state index is 12.3. The van der Waals surface area contributed by atoms with Crippen LogP contribution in [0.25, 0.3) is 10.9 Å². The summed E-state index contributed by atoms with van der Waals surface area (Å²) in [6, 6.07) is 9.06. The van der Waals surface area contributed by atoms with Crippen LogP contribution in [0.3, 0.4) is 0 Å². The lowest BCUT2D eigenvalue weighted by Crippen LogP contribution is -2.25. The Hall–Kier alpha value is -2.29. The van der Waals surface area contributed by atoms with Crippen molar-refractivity contribution in [3.05, 3.63) is 36.0 Å². The van der Waals surface area contributed by atoms with Gasteiger partial charge in [-0.25, -0.2) is 0 Å². The molecular formula is C14H12F3N3. The van der Waals surface area contributed by atoms with Crippen molar-refractivity contribution in [3.63, 3.8) is 0 Å². The molecule has 0 unspecified atom stereocenters. The Morgan fingerprint density at radius 1 is 1.30 bits per heavy atom. The SMILES string of the molecule is CN(CCC(F)(F)F)c1c(C#N)cnc2ccccc12. The number of aromatic nitrogens is 1. The quantitative estimate of drug-likeness (QED) is 0.863. The van der Waals surface area contributed by atoms with Gasteiger partial charge in [0.2, 0.25) is 0 Å². The Balaban J connectivity index is 2.43. The monoisotopic (exact) mass is 279 g/mol. The number of para-hydroxylation sites is 1. The first kappa shape index (κ1) is 14.1. The van der Waals surface area contributed by atoms with Crippen molar-refractivity contribution >= 4 is 16.6 Å². The van der Waals surface area contributed by atoms with Gasteiger partial charge >= 0.3 is 6.18 Å². The normalized spacial score (nSPS) is 11.3. The van der Waals surface area contributed by atoms with Crippen molar-refractivity contribution in [2.45, 2.75) is 12.6 Å². The molecule has 0 atom stereocenters. The summed E-state index contributed by atoms with van der Waals surface area (Å²) in [6.45, 7) is -0.202. The highest BCUT2D eigenvalue weighted by Crippen LogP contribution is 2.29. The predicted molar refractivity (Wildman–Crippen MR) is 70.4 cm³/mol. The summed E-state index contributed by atoms with van der Waals surface area (Å²) in [5.41, 5.74) is 1.41. The zero-order valence-electron chi connectivity index (χ0n) is 10.8. The summed E-state index contributed by atoms with van der Waals surface area (Å²) in [4.78, 5) is 5.59. The van der Waals surface area contributed by atoms with E-state index in [2.05, 4.69) is 4.98 Å². The standard InChI is InChI=1S/C14H12F3N3/c1-20(7-6-14(15,16)17)13-10(8-18)9-19-12-5-3-2-4-11(12)13/h2-5,9H,6-7H2,1H3. The van der Waals surface area contributed by atoms with E-state index in [1.807, 2.05) is 6.07 Å². The molecule has 6 heteroatoms. The van der Waals surface area contributed by atoms with E-state index in [1.165, 1.54) is 11.1 Å². The molecule has 20 heavy (non-hydrogen) atoms. The van der Waals surface area contributed by atoms with Crippen LogP contribution in [0, 0.1) is 11.3 Å². The molecule has 1 heterocycles. The van der Waals surface area contributed by atoms with Crippen LogP contribution < -0.4 is 4.90 Å². The molecule has 2 rings (SSSR count). The van der Waals surface area contributed by atoms with Gasteiger partial charge in [0, 0.05) is 25.2 Å². The summed E-state index contributed by atoms with van der Waals surface area (Å²) in [5, 5.41) is 9.79. The van der Waals surface area contributed by atoms with E-state index in [4.69, 9.17) is 5.26 Å². The summed E-state index contributed by atoms with van der Waals surface area (Å²) < 4.78 is 37.0. The fraction of sp³-hybridized carbons (Fsp3) is 0.286. The number of hydrogen-bond acceptors (Lipinski definition) is 3. The van der Waals surface area contributed by atoms with E-state index in [0.717, 1.165) is 0 Å². The van der Waals surface area contributed by atoms with Crippen LogP contribution in [0.15, 0.2) is 30.5 Å². The van der Waals surface area contributed by atoms with E-state index in [9.17, 15) is 13.2 Å². The van der Waals surface area contributed by atoms with Crippen molar-refractivity contribution in [3.8, 4) is 6.07 Å². The number of rotatable bonds is 3. The van der Waals surface area contributed by atoms with Gasteiger partial charge in [-0.3, -0.25) is 4.98 Å². The second-order valence-electron chi connectivity index (χ2n) is 4.44. The molecule has 0 aliphatic heterocycles. The highest BCUT2D eigenvalue weighted by atomic mass is 19.4. The number of pyridine rings is 1. The van der Waals surface area contributed by atoms with E-state index in [1.54, 1.807) is 31.3 Å². The third kappa shape index (κ3) is 2.99. The molecule has 1 aromatic heterocycles. The second-order valence-corrected chi connectivity index (χ2v) is 4.44. The first-order valence-corrected chi connectivity index (χ1v) is 5.98.